The first-order valence-corrected chi connectivity index (χ1v) is 7.65. The van der Waals surface area contributed by atoms with E-state index in [9.17, 15) is 27.6 Å². The minimum absolute atomic E-state index is 0.0605. The van der Waals surface area contributed by atoms with E-state index < -0.39 is 41.2 Å². The Labute approximate surface area is 148 Å². The number of hydrogen-bond acceptors (Lipinski definition) is 5. The molecule has 3 aromatic rings. The third-order valence-corrected chi connectivity index (χ3v) is 3.82. The fourth-order valence-corrected chi connectivity index (χ4v) is 2.47. The lowest BCUT2D eigenvalue weighted by Gasteiger charge is -2.12. The molecule has 0 unspecified atom stereocenters. The van der Waals surface area contributed by atoms with E-state index in [4.69, 9.17) is 4.42 Å². The second-order valence-electron chi connectivity index (χ2n) is 5.65. The largest absolute Gasteiger partial charge is 0.467 e. The number of amides is 1. The summed E-state index contributed by atoms with van der Waals surface area (Å²) in [6.07, 6.45) is -3.29. The standard InChI is InChI=1S/C16H13F3N4O4/c1-22-13-10(4-5-11(21-13)16(17,18)19)14(25)23(15(22)26)8-12(24)20-7-9-3-2-6-27-9/h2-6H,7-8H2,1H3,(H,20,24). The molecule has 3 heterocycles. The number of furan rings is 1. The molecule has 0 fully saturated rings. The van der Waals surface area contributed by atoms with Crippen molar-refractivity contribution in [3.63, 3.8) is 0 Å². The van der Waals surface area contributed by atoms with E-state index in [0.717, 1.165) is 10.6 Å². The minimum Gasteiger partial charge on any atom is -0.467 e. The van der Waals surface area contributed by atoms with Crippen LogP contribution in [0.25, 0.3) is 11.0 Å². The maximum atomic E-state index is 12.8. The highest BCUT2D eigenvalue weighted by atomic mass is 19.4. The van der Waals surface area contributed by atoms with Gasteiger partial charge in [0.2, 0.25) is 5.91 Å². The predicted molar refractivity (Wildman–Crippen MR) is 86.8 cm³/mol. The van der Waals surface area contributed by atoms with E-state index >= 15 is 0 Å². The number of pyridine rings is 1. The van der Waals surface area contributed by atoms with Crippen LogP contribution in [0.3, 0.4) is 0 Å². The Hall–Kier alpha value is -3.37. The van der Waals surface area contributed by atoms with Crippen LogP contribution in [-0.4, -0.2) is 20.0 Å². The van der Waals surface area contributed by atoms with Gasteiger partial charge in [0.15, 0.2) is 0 Å². The maximum Gasteiger partial charge on any atom is 0.433 e. The molecular weight excluding hydrogens is 369 g/mol. The summed E-state index contributed by atoms with van der Waals surface area (Å²) in [4.78, 5) is 40.2. The molecule has 3 rings (SSSR count). The van der Waals surface area contributed by atoms with Gasteiger partial charge in [-0.05, 0) is 24.3 Å². The maximum absolute atomic E-state index is 12.8. The number of alkyl halides is 3. The lowest BCUT2D eigenvalue weighted by atomic mass is 10.2. The van der Waals surface area contributed by atoms with Gasteiger partial charge >= 0.3 is 11.9 Å². The first kappa shape index (κ1) is 18.4. The van der Waals surface area contributed by atoms with Crippen molar-refractivity contribution in [3.8, 4) is 0 Å². The number of carbonyl (C=O) groups is 1. The highest BCUT2D eigenvalue weighted by molar-refractivity contribution is 5.77. The summed E-state index contributed by atoms with van der Waals surface area (Å²) in [7, 11) is 1.18. The van der Waals surface area contributed by atoms with Gasteiger partial charge in [0, 0.05) is 7.05 Å². The molecule has 27 heavy (non-hydrogen) atoms. The molecule has 0 aromatic carbocycles. The summed E-state index contributed by atoms with van der Waals surface area (Å²) in [5.74, 6) is -0.157. The Bertz CT molecular complexity index is 1110. The molecular formula is C16H13F3N4O4. The third kappa shape index (κ3) is 3.61. The van der Waals surface area contributed by atoms with Crippen molar-refractivity contribution in [1.29, 1.82) is 0 Å². The summed E-state index contributed by atoms with van der Waals surface area (Å²) in [6, 6.07) is 4.85. The molecule has 142 valence electrons. The average molecular weight is 382 g/mol. The fourth-order valence-electron chi connectivity index (χ4n) is 2.47. The first-order valence-electron chi connectivity index (χ1n) is 7.65. The van der Waals surface area contributed by atoms with Crippen LogP contribution in [0.1, 0.15) is 11.5 Å². The molecule has 0 spiro atoms. The smallest absolute Gasteiger partial charge is 0.433 e. The molecule has 0 saturated heterocycles. The highest BCUT2D eigenvalue weighted by Crippen LogP contribution is 2.28. The van der Waals surface area contributed by atoms with Crippen LogP contribution >= 0.6 is 0 Å². The van der Waals surface area contributed by atoms with E-state index in [0.29, 0.717) is 16.4 Å². The lowest BCUT2D eigenvalue weighted by Crippen LogP contribution is -2.43. The summed E-state index contributed by atoms with van der Waals surface area (Å²) in [5, 5.41) is 2.27. The number of aryl methyl sites for hydroxylation is 1. The van der Waals surface area contributed by atoms with Gasteiger partial charge in [-0.3, -0.25) is 18.7 Å². The van der Waals surface area contributed by atoms with Gasteiger partial charge < -0.3 is 9.73 Å². The number of hydrogen-bond donors (Lipinski definition) is 1. The average Bonchev–Trinajstić information content (AvgIpc) is 3.14. The number of halogens is 3. The zero-order valence-corrected chi connectivity index (χ0v) is 13.9. The number of fused-ring (bicyclic) bond motifs is 1. The molecule has 8 nitrogen and oxygen atoms in total. The van der Waals surface area contributed by atoms with Gasteiger partial charge in [-0.15, -0.1) is 0 Å². The minimum atomic E-state index is -4.72. The van der Waals surface area contributed by atoms with Crippen molar-refractivity contribution < 1.29 is 22.4 Å². The zero-order valence-electron chi connectivity index (χ0n) is 13.9. The van der Waals surface area contributed by atoms with Crippen molar-refractivity contribution in [3.05, 3.63) is 62.8 Å². The van der Waals surface area contributed by atoms with Gasteiger partial charge in [0.1, 0.15) is 23.6 Å². The number of rotatable bonds is 4. The molecule has 11 heteroatoms. The van der Waals surface area contributed by atoms with Gasteiger partial charge in [-0.1, -0.05) is 0 Å². The van der Waals surface area contributed by atoms with Crippen LogP contribution in [0.5, 0.6) is 0 Å². The summed E-state index contributed by atoms with van der Waals surface area (Å²) in [6.45, 7) is -0.534. The monoisotopic (exact) mass is 382 g/mol. The second kappa shape index (κ2) is 6.74. The molecule has 0 aliphatic carbocycles. The Morgan fingerprint density at radius 3 is 2.63 bits per heavy atom. The van der Waals surface area contributed by atoms with E-state index in [-0.39, 0.29) is 11.9 Å². The third-order valence-electron chi connectivity index (χ3n) is 3.82. The van der Waals surface area contributed by atoms with Crippen LogP contribution in [0.15, 0.2) is 44.5 Å². The molecule has 0 bridgehead atoms. The van der Waals surface area contributed by atoms with E-state index in [1.54, 1.807) is 12.1 Å². The van der Waals surface area contributed by atoms with Crippen molar-refractivity contribution in [1.82, 2.24) is 19.4 Å². The van der Waals surface area contributed by atoms with Crippen LogP contribution in [0.2, 0.25) is 0 Å². The van der Waals surface area contributed by atoms with Crippen molar-refractivity contribution >= 4 is 16.9 Å². The van der Waals surface area contributed by atoms with Crippen molar-refractivity contribution in [2.24, 2.45) is 7.05 Å². The molecule has 3 aromatic heterocycles. The summed E-state index contributed by atoms with van der Waals surface area (Å²) in [5.41, 5.74) is -3.49. The Morgan fingerprint density at radius 2 is 2.00 bits per heavy atom. The van der Waals surface area contributed by atoms with Gasteiger partial charge in [0.05, 0.1) is 18.2 Å². The zero-order chi connectivity index (χ0) is 19.8. The highest BCUT2D eigenvalue weighted by Gasteiger charge is 2.33. The van der Waals surface area contributed by atoms with Crippen molar-refractivity contribution in [2.75, 3.05) is 0 Å². The molecule has 0 aliphatic rings. The number of nitrogens with one attached hydrogen (secondary N) is 1. The Balaban J connectivity index is 1.95. The Morgan fingerprint density at radius 1 is 1.26 bits per heavy atom. The van der Waals surface area contributed by atoms with Crippen LogP contribution < -0.4 is 16.6 Å². The number of carbonyl (C=O) groups excluding carboxylic acids is 1. The second-order valence-corrected chi connectivity index (χ2v) is 5.65. The summed E-state index contributed by atoms with van der Waals surface area (Å²) >= 11 is 0. The topological polar surface area (TPSA) is 99.1 Å². The molecule has 1 N–H and O–H groups in total. The number of aromatic nitrogens is 3. The number of nitrogens with zero attached hydrogens (tertiary/aromatic N) is 3. The van der Waals surface area contributed by atoms with E-state index in [1.165, 1.54) is 13.3 Å². The van der Waals surface area contributed by atoms with E-state index in [2.05, 4.69) is 10.3 Å². The SMILES string of the molecule is Cn1c(=O)n(CC(=O)NCc2ccco2)c(=O)c2ccc(C(F)(F)F)nc21. The first-order chi connectivity index (χ1) is 12.7. The van der Waals surface area contributed by atoms with Gasteiger partial charge in [-0.25, -0.2) is 9.78 Å². The molecule has 0 atom stereocenters. The van der Waals surface area contributed by atoms with E-state index in [1.807, 2.05) is 0 Å². The lowest BCUT2D eigenvalue weighted by molar-refractivity contribution is -0.141. The van der Waals surface area contributed by atoms with Gasteiger partial charge in [-0.2, -0.15) is 13.2 Å². The van der Waals surface area contributed by atoms with Gasteiger partial charge in [0.25, 0.3) is 5.56 Å². The molecule has 1 amide bonds. The van der Waals surface area contributed by atoms with Crippen LogP contribution in [-0.2, 0) is 31.1 Å². The van der Waals surface area contributed by atoms with Crippen molar-refractivity contribution in [2.45, 2.75) is 19.3 Å². The fraction of sp³-hybridized carbons (Fsp3) is 0.250. The predicted octanol–water partition coefficient (Wildman–Crippen LogP) is 1.02. The molecule has 0 radical (unpaired) electrons. The Kier molecular flexibility index (Phi) is 4.60. The van der Waals surface area contributed by atoms with Crippen LogP contribution in [0.4, 0.5) is 13.2 Å². The molecule has 0 aliphatic heterocycles. The normalized spacial score (nSPS) is 11.7. The quantitative estimate of drug-likeness (QED) is 0.727. The van der Waals surface area contributed by atoms with Crippen LogP contribution in [0, 0.1) is 0 Å². The summed E-state index contributed by atoms with van der Waals surface area (Å²) < 4.78 is 44.9. The molecule has 0 saturated carbocycles.